The standard InChI is InChI=1S/C13H14N4O2S/c1-17-6-11(15-8-17)13(18)16-9-2-4-10(5-3-9)19-7-12(14)20/h2-6,8H,7H2,1H3,(H2,14,20)(H,16,18). The lowest BCUT2D eigenvalue weighted by molar-refractivity contribution is 0.102. The number of benzene rings is 1. The molecular formula is C13H14N4O2S. The van der Waals surface area contributed by atoms with Gasteiger partial charge < -0.3 is 20.4 Å². The molecule has 1 aromatic heterocycles. The second kappa shape index (κ2) is 6.16. The fourth-order valence-electron chi connectivity index (χ4n) is 1.51. The molecule has 0 atom stereocenters. The maximum absolute atomic E-state index is 11.9. The van der Waals surface area contributed by atoms with Gasteiger partial charge in [-0.3, -0.25) is 4.79 Å². The van der Waals surface area contributed by atoms with Crippen LogP contribution in [-0.4, -0.2) is 27.1 Å². The van der Waals surface area contributed by atoms with Crippen LogP contribution in [-0.2, 0) is 7.05 Å². The number of imidazole rings is 1. The summed E-state index contributed by atoms with van der Waals surface area (Å²) in [4.78, 5) is 16.1. The van der Waals surface area contributed by atoms with Gasteiger partial charge in [-0.1, -0.05) is 12.2 Å². The van der Waals surface area contributed by atoms with E-state index in [2.05, 4.69) is 10.3 Å². The molecule has 20 heavy (non-hydrogen) atoms. The van der Waals surface area contributed by atoms with Crippen LogP contribution in [0.2, 0.25) is 0 Å². The highest BCUT2D eigenvalue weighted by atomic mass is 32.1. The fourth-order valence-corrected chi connectivity index (χ4v) is 1.57. The van der Waals surface area contributed by atoms with E-state index in [1.54, 1.807) is 48.4 Å². The van der Waals surface area contributed by atoms with E-state index in [0.29, 0.717) is 17.1 Å². The van der Waals surface area contributed by atoms with Crippen molar-refractivity contribution in [1.29, 1.82) is 0 Å². The minimum absolute atomic E-state index is 0.189. The van der Waals surface area contributed by atoms with Gasteiger partial charge in [0.1, 0.15) is 23.0 Å². The van der Waals surface area contributed by atoms with E-state index >= 15 is 0 Å². The number of hydrogen-bond donors (Lipinski definition) is 2. The molecule has 0 aliphatic carbocycles. The minimum Gasteiger partial charge on any atom is -0.487 e. The van der Waals surface area contributed by atoms with Gasteiger partial charge in [-0.05, 0) is 24.3 Å². The number of thiocarbonyl (C=S) groups is 1. The molecule has 0 bridgehead atoms. The molecule has 2 rings (SSSR count). The van der Waals surface area contributed by atoms with Crippen LogP contribution in [0.5, 0.6) is 5.75 Å². The predicted molar refractivity (Wildman–Crippen MR) is 79.9 cm³/mol. The largest absolute Gasteiger partial charge is 0.487 e. The lowest BCUT2D eigenvalue weighted by Gasteiger charge is -2.07. The zero-order valence-electron chi connectivity index (χ0n) is 10.9. The van der Waals surface area contributed by atoms with Gasteiger partial charge in [-0.2, -0.15) is 0 Å². The second-order valence-corrected chi connectivity index (χ2v) is 4.68. The van der Waals surface area contributed by atoms with E-state index in [9.17, 15) is 4.79 Å². The summed E-state index contributed by atoms with van der Waals surface area (Å²) in [5.74, 6) is 0.371. The van der Waals surface area contributed by atoms with Crippen LogP contribution in [0.3, 0.4) is 0 Å². The number of nitrogens with zero attached hydrogens (tertiary/aromatic N) is 2. The van der Waals surface area contributed by atoms with Crippen molar-refractivity contribution in [2.24, 2.45) is 12.8 Å². The van der Waals surface area contributed by atoms with E-state index in [1.807, 2.05) is 0 Å². The number of amides is 1. The molecule has 0 aliphatic rings. The molecule has 0 radical (unpaired) electrons. The molecule has 6 nitrogen and oxygen atoms in total. The van der Waals surface area contributed by atoms with Crippen molar-refractivity contribution in [2.75, 3.05) is 11.9 Å². The highest BCUT2D eigenvalue weighted by Gasteiger charge is 2.08. The zero-order chi connectivity index (χ0) is 14.5. The number of anilines is 1. The van der Waals surface area contributed by atoms with Gasteiger partial charge in [0.15, 0.2) is 0 Å². The molecule has 0 fully saturated rings. The Hall–Kier alpha value is -2.41. The van der Waals surface area contributed by atoms with Gasteiger partial charge in [0.2, 0.25) is 0 Å². The Kier molecular flexibility index (Phi) is 4.31. The van der Waals surface area contributed by atoms with Crippen molar-refractivity contribution in [1.82, 2.24) is 9.55 Å². The summed E-state index contributed by atoms with van der Waals surface area (Å²) in [6.07, 6.45) is 3.22. The number of carbonyl (C=O) groups is 1. The van der Waals surface area contributed by atoms with E-state index in [-0.39, 0.29) is 17.5 Å². The quantitative estimate of drug-likeness (QED) is 0.812. The highest BCUT2D eigenvalue weighted by Crippen LogP contribution is 2.16. The Labute approximate surface area is 121 Å². The zero-order valence-corrected chi connectivity index (χ0v) is 11.7. The van der Waals surface area contributed by atoms with Crippen LogP contribution in [0.4, 0.5) is 5.69 Å². The average Bonchev–Trinajstić information content (AvgIpc) is 2.85. The van der Waals surface area contributed by atoms with Crippen LogP contribution >= 0.6 is 12.2 Å². The number of rotatable bonds is 5. The Morgan fingerprint density at radius 1 is 1.45 bits per heavy atom. The molecule has 0 spiro atoms. The first kappa shape index (κ1) is 14.0. The van der Waals surface area contributed by atoms with E-state index in [0.717, 1.165) is 0 Å². The molecule has 0 saturated heterocycles. The van der Waals surface area contributed by atoms with Gasteiger partial charge in [0, 0.05) is 18.9 Å². The minimum atomic E-state index is -0.262. The first-order valence-electron chi connectivity index (χ1n) is 5.85. The number of ether oxygens (including phenoxy) is 1. The van der Waals surface area contributed by atoms with Gasteiger partial charge in [0.25, 0.3) is 5.91 Å². The third kappa shape index (κ3) is 3.79. The summed E-state index contributed by atoms with van der Waals surface area (Å²) < 4.78 is 7.03. The number of aryl methyl sites for hydroxylation is 1. The molecular weight excluding hydrogens is 276 g/mol. The smallest absolute Gasteiger partial charge is 0.275 e. The third-order valence-electron chi connectivity index (χ3n) is 2.43. The lowest BCUT2D eigenvalue weighted by atomic mass is 10.3. The molecule has 0 saturated carbocycles. The molecule has 1 heterocycles. The summed E-state index contributed by atoms with van der Waals surface area (Å²) in [7, 11) is 1.80. The third-order valence-corrected chi connectivity index (χ3v) is 2.55. The van der Waals surface area contributed by atoms with Crippen LogP contribution in [0, 0.1) is 0 Å². The summed E-state index contributed by atoms with van der Waals surface area (Å²) in [6, 6.07) is 6.92. The van der Waals surface area contributed by atoms with Gasteiger partial charge in [0.05, 0.1) is 6.33 Å². The first-order valence-corrected chi connectivity index (χ1v) is 6.26. The van der Waals surface area contributed by atoms with Gasteiger partial charge in [-0.15, -0.1) is 0 Å². The maximum atomic E-state index is 11.9. The van der Waals surface area contributed by atoms with Crippen molar-refractivity contribution in [3.05, 3.63) is 42.5 Å². The fraction of sp³-hybridized carbons (Fsp3) is 0.154. The second-order valence-electron chi connectivity index (χ2n) is 4.16. The molecule has 3 N–H and O–H groups in total. The number of nitrogens with one attached hydrogen (secondary N) is 1. The molecule has 0 unspecified atom stereocenters. The Morgan fingerprint density at radius 2 is 2.15 bits per heavy atom. The molecule has 0 aliphatic heterocycles. The SMILES string of the molecule is Cn1cnc(C(=O)Nc2ccc(OCC(N)=S)cc2)c1. The lowest BCUT2D eigenvalue weighted by Crippen LogP contribution is -2.17. The number of nitrogens with two attached hydrogens (primary N) is 1. The van der Waals surface area contributed by atoms with E-state index in [4.69, 9.17) is 22.7 Å². The monoisotopic (exact) mass is 290 g/mol. The van der Waals surface area contributed by atoms with Crippen molar-refractivity contribution in [3.8, 4) is 5.75 Å². The average molecular weight is 290 g/mol. The Morgan fingerprint density at radius 3 is 2.70 bits per heavy atom. The summed E-state index contributed by atoms with van der Waals surface area (Å²) in [5.41, 5.74) is 6.36. The highest BCUT2D eigenvalue weighted by molar-refractivity contribution is 7.80. The molecule has 1 aromatic carbocycles. The van der Waals surface area contributed by atoms with Gasteiger partial charge >= 0.3 is 0 Å². The topological polar surface area (TPSA) is 82.2 Å². The predicted octanol–water partition coefficient (Wildman–Crippen LogP) is 1.34. The van der Waals surface area contributed by atoms with E-state index < -0.39 is 0 Å². The molecule has 7 heteroatoms. The molecule has 104 valence electrons. The van der Waals surface area contributed by atoms with Crippen molar-refractivity contribution >= 4 is 28.8 Å². The van der Waals surface area contributed by atoms with E-state index in [1.165, 1.54) is 0 Å². The van der Waals surface area contributed by atoms with Crippen molar-refractivity contribution in [2.45, 2.75) is 0 Å². The maximum Gasteiger partial charge on any atom is 0.275 e. The molecule has 1 amide bonds. The van der Waals surface area contributed by atoms with Gasteiger partial charge in [-0.25, -0.2) is 4.98 Å². The summed E-state index contributed by atoms with van der Waals surface area (Å²) in [5, 5.41) is 2.74. The summed E-state index contributed by atoms with van der Waals surface area (Å²) >= 11 is 4.72. The normalized spacial score (nSPS) is 10.1. The van der Waals surface area contributed by atoms with Crippen molar-refractivity contribution in [3.63, 3.8) is 0 Å². The Bertz CT molecular complexity index is 622. The van der Waals surface area contributed by atoms with Crippen LogP contribution in [0.1, 0.15) is 10.5 Å². The number of hydrogen-bond acceptors (Lipinski definition) is 4. The number of aromatic nitrogens is 2. The van der Waals surface area contributed by atoms with Crippen molar-refractivity contribution < 1.29 is 9.53 Å². The summed E-state index contributed by atoms with van der Waals surface area (Å²) in [6.45, 7) is 0.189. The Balaban J connectivity index is 1.96. The first-order chi connectivity index (χ1) is 9.54. The van der Waals surface area contributed by atoms with Crippen LogP contribution < -0.4 is 15.8 Å². The van der Waals surface area contributed by atoms with Crippen LogP contribution in [0.15, 0.2) is 36.8 Å². The number of carbonyl (C=O) groups excluding carboxylic acids is 1. The molecule has 2 aromatic rings. The van der Waals surface area contributed by atoms with Crippen LogP contribution in [0.25, 0.3) is 0 Å².